The predicted molar refractivity (Wildman–Crippen MR) is 102 cm³/mol. The summed E-state index contributed by atoms with van der Waals surface area (Å²) < 4.78 is 4.89. The van der Waals surface area contributed by atoms with Gasteiger partial charge < -0.3 is 10.1 Å². The number of amides is 1. The Balaban J connectivity index is 1.67. The van der Waals surface area contributed by atoms with Crippen LogP contribution in [-0.4, -0.2) is 26.8 Å². The van der Waals surface area contributed by atoms with E-state index in [9.17, 15) is 9.59 Å². The van der Waals surface area contributed by atoms with E-state index < -0.39 is 5.97 Å². The molecule has 7 heteroatoms. The molecule has 2 heterocycles. The molecule has 0 aliphatic rings. The van der Waals surface area contributed by atoms with Gasteiger partial charge in [-0.3, -0.25) is 14.6 Å². The molecule has 0 saturated heterocycles. The van der Waals surface area contributed by atoms with Gasteiger partial charge >= 0.3 is 12.0 Å². The lowest BCUT2D eigenvalue weighted by Gasteiger charge is -2.19. The van der Waals surface area contributed by atoms with Crippen molar-refractivity contribution in [3.8, 4) is 6.01 Å². The first-order valence-corrected chi connectivity index (χ1v) is 8.64. The summed E-state index contributed by atoms with van der Waals surface area (Å²) >= 11 is 0. The number of nitrogens with one attached hydrogen (secondary N) is 2. The third-order valence-corrected chi connectivity index (χ3v) is 4.09. The van der Waals surface area contributed by atoms with Crippen LogP contribution in [0.25, 0.3) is 11.2 Å². The van der Waals surface area contributed by atoms with E-state index in [1.807, 2.05) is 12.1 Å². The highest BCUT2D eigenvalue weighted by Gasteiger charge is 2.14. The molecule has 0 saturated carbocycles. The van der Waals surface area contributed by atoms with Gasteiger partial charge in [-0.25, -0.2) is 4.98 Å². The summed E-state index contributed by atoms with van der Waals surface area (Å²) in [6.07, 6.45) is 1.45. The van der Waals surface area contributed by atoms with Gasteiger partial charge in [-0.2, -0.15) is 4.98 Å². The Kier molecular flexibility index (Phi) is 4.94. The van der Waals surface area contributed by atoms with Crippen molar-refractivity contribution in [2.45, 2.75) is 39.7 Å². The second-order valence-electron chi connectivity index (χ2n) is 7.36. The molecule has 0 aliphatic heterocycles. The largest absolute Gasteiger partial charge is 0.392 e. The fraction of sp³-hybridized carbons (Fsp3) is 0.300. The predicted octanol–water partition coefficient (Wildman–Crippen LogP) is 3.11. The lowest BCUT2D eigenvalue weighted by atomic mass is 9.87. The number of carbonyl (C=O) groups excluding carboxylic acids is 2. The van der Waals surface area contributed by atoms with E-state index in [-0.39, 0.29) is 17.3 Å². The second kappa shape index (κ2) is 7.19. The first-order valence-electron chi connectivity index (χ1n) is 8.64. The molecule has 0 spiro atoms. The number of aromatic amines is 1. The SMILES string of the molecule is CC(=O)Oc1nc2cc(C(=O)NCc3ccc(C(C)(C)C)cc3)cnc2[nH]1. The number of hydrogen-bond donors (Lipinski definition) is 2. The van der Waals surface area contributed by atoms with Crippen LogP contribution in [0.1, 0.15) is 49.2 Å². The van der Waals surface area contributed by atoms with E-state index >= 15 is 0 Å². The molecule has 2 aromatic heterocycles. The zero-order valence-electron chi connectivity index (χ0n) is 15.8. The van der Waals surface area contributed by atoms with Crippen molar-refractivity contribution in [3.63, 3.8) is 0 Å². The molecule has 0 unspecified atom stereocenters. The Labute approximate surface area is 157 Å². The molecule has 0 atom stereocenters. The molecule has 7 nitrogen and oxygen atoms in total. The maximum Gasteiger partial charge on any atom is 0.310 e. The standard InChI is InChI=1S/C20H22N4O3/c1-12(25)27-19-23-16-9-14(11-21-17(16)24-19)18(26)22-10-13-5-7-15(8-6-13)20(2,3)4/h5-9,11H,10H2,1-4H3,(H,22,26)(H,21,23,24). The molecule has 3 rings (SSSR count). The number of esters is 1. The molecule has 2 N–H and O–H groups in total. The van der Waals surface area contributed by atoms with Crippen LogP contribution in [0.15, 0.2) is 36.5 Å². The van der Waals surface area contributed by atoms with Gasteiger partial charge in [0.15, 0.2) is 5.65 Å². The average molecular weight is 366 g/mol. The minimum absolute atomic E-state index is 0.0569. The van der Waals surface area contributed by atoms with Gasteiger partial charge in [0.2, 0.25) is 0 Å². The number of pyridine rings is 1. The summed E-state index contributed by atoms with van der Waals surface area (Å²) in [6.45, 7) is 8.19. The first-order chi connectivity index (χ1) is 12.7. The number of nitrogens with zero attached hydrogens (tertiary/aromatic N) is 2. The van der Waals surface area contributed by atoms with Crippen molar-refractivity contribution < 1.29 is 14.3 Å². The molecular formula is C20H22N4O3. The topological polar surface area (TPSA) is 97.0 Å². The van der Waals surface area contributed by atoms with Gasteiger partial charge in [0.25, 0.3) is 5.91 Å². The van der Waals surface area contributed by atoms with Crippen LogP contribution < -0.4 is 10.1 Å². The Morgan fingerprint density at radius 2 is 1.89 bits per heavy atom. The summed E-state index contributed by atoms with van der Waals surface area (Å²) in [5, 5.41) is 2.87. The average Bonchev–Trinajstić information content (AvgIpc) is 2.99. The number of aromatic nitrogens is 3. The maximum atomic E-state index is 12.4. The van der Waals surface area contributed by atoms with Crippen LogP contribution in [0.5, 0.6) is 6.01 Å². The smallest absolute Gasteiger partial charge is 0.310 e. The summed E-state index contributed by atoms with van der Waals surface area (Å²) in [5.41, 5.74) is 3.64. The molecule has 140 valence electrons. The molecule has 1 aromatic carbocycles. The molecule has 0 fully saturated rings. The third kappa shape index (κ3) is 4.49. The highest BCUT2D eigenvalue weighted by Crippen LogP contribution is 2.22. The molecule has 0 bridgehead atoms. The van der Waals surface area contributed by atoms with Gasteiger partial charge in [0.1, 0.15) is 5.52 Å². The van der Waals surface area contributed by atoms with Crippen molar-refractivity contribution >= 4 is 23.0 Å². The Morgan fingerprint density at radius 1 is 1.19 bits per heavy atom. The Bertz CT molecular complexity index is 985. The van der Waals surface area contributed by atoms with Crippen molar-refractivity contribution in [2.24, 2.45) is 0 Å². The first kappa shape index (κ1) is 18.6. The van der Waals surface area contributed by atoms with Crippen LogP contribution in [-0.2, 0) is 16.8 Å². The van der Waals surface area contributed by atoms with Gasteiger partial charge in [-0.15, -0.1) is 0 Å². The number of imidazole rings is 1. The van der Waals surface area contributed by atoms with Crippen LogP contribution in [0.2, 0.25) is 0 Å². The number of ether oxygens (including phenoxy) is 1. The molecular weight excluding hydrogens is 344 g/mol. The molecule has 0 radical (unpaired) electrons. The molecule has 0 aliphatic carbocycles. The minimum Gasteiger partial charge on any atom is -0.392 e. The second-order valence-corrected chi connectivity index (χ2v) is 7.36. The van der Waals surface area contributed by atoms with Crippen molar-refractivity contribution in [3.05, 3.63) is 53.2 Å². The maximum absolute atomic E-state index is 12.4. The summed E-state index contributed by atoms with van der Waals surface area (Å²) in [5.74, 6) is -0.731. The molecule has 3 aromatic rings. The van der Waals surface area contributed by atoms with Gasteiger partial charge in [0.05, 0.1) is 5.56 Å². The number of rotatable bonds is 4. The normalized spacial score (nSPS) is 11.4. The lowest BCUT2D eigenvalue weighted by Crippen LogP contribution is -2.23. The summed E-state index contributed by atoms with van der Waals surface area (Å²) in [7, 11) is 0. The van der Waals surface area contributed by atoms with Crippen LogP contribution in [0.4, 0.5) is 0 Å². The minimum atomic E-state index is -0.482. The Hall–Kier alpha value is -3.22. The third-order valence-electron chi connectivity index (χ3n) is 4.09. The zero-order valence-corrected chi connectivity index (χ0v) is 15.8. The molecule has 1 amide bonds. The van der Waals surface area contributed by atoms with Crippen LogP contribution in [0, 0.1) is 0 Å². The number of carbonyl (C=O) groups is 2. The number of H-pyrrole nitrogens is 1. The quantitative estimate of drug-likeness (QED) is 0.692. The number of benzene rings is 1. The summed E-state index contributed by atoms with van der Waals surface area (Å²) in [6, 6.07) is 9.85. The summed E-state index contributed by atoms with van der Waals surface area (Å²) in [4.78, 5) is 34.4. The fourth-order valence-corrected chi connectivity index (χ4v) is 2.59. The zero-order chi connectivity index (χ0) is 19.6. The van der Waals surface area contributed by atoms with Gasteiger partial charge in [-0.1, -0.05) is 45.0 Å². The van der Waals surface area contributed by atoms with E-state index in [4.69, 9.17) is 4.74 Å². The van der Waals surface area contributed by atoms with E-state index in [0.717, 1.165) is 5.56 Å². The van der Waals surface area contributed by atoms with Gasteiger partial charge in [-0.05, 0) is 22.6 Å². The lowest BCUT2D eigenvalue weighted by molar-refractivity contribution is -0.132. The van der Waals surface area contributed by atoms with Crippen molar-refractivity contribution in [2.75, 3.05) is 0 Å². The fourth-order valence-electron chi connectivity index (χ4n) is 2.59. The van der Waals surface area contributed by atoms with E-state index in [1.165, 1.54) is 18.7 Å². The highest BCUT2D eigenvalue weighted by atomic mass is 16.5. The van der Waals surface area contributed by atoms with E-state index in [0.29, 0.717) is 23.3 Å². The van der Waals surface area contributed by atoms with Gasteiger partial charge in [0, 0.05) is 19.7 Å². The van der Waals surface area contributed by atoms with Crippen molar-refractivity contribution in [1.82, 2.24) is 20.3 Å². The number of fused-ring (bicyclic) bond motifs is 1. The molecule has 27 heavy (non-hydrogen) atoms. The Morgan fingerprint density at radius 3 is 2.52 bits per heavy atom. The van der Waals surface area contributed by atoms with E-state index in [1.54, 1.807) is 6.07 Å². The highest BCUT2D eigenvalue weighted by molar-refractivity contribution is 5.96. The monoisotopic (exact) mass is 366 g/mol. The van der Waals surface area contributed by atoms with E-state index in [2.05, 4.69) is 53.2 Å². The van der Waals surface area contributed by atoms with Crippen LogP contribution >= 0.6 is 0 Å². The van der Waals surface area contributed by atoms with Crippen LogP contribution in [0.3, 0.4) is 0 Å². The number of hydrogen-bond acceptors (Lipinski definition) is 5. The van der Waals surface area contributed by atoms with Crippen molar-refractivity contribution in [1.29, 1.82) is 0 Å².